The van der Waals surface area contributed by atoms with Gasteiger partial charge in [-0.3, -0.25) is 4.84 Å². The van der Waals surface area contributed by atoms with Gasteiger partial charge in [0.25, 0.3) is 0 Å². The number of rotatable bonds is 7. The second kappa shape index (κ2) is 11.3. The standard InChI is InChI=1S/C45H32N4O/c1-2-30-19-21-31(22-20-30)29-50-46-49-44-25-23-32(47-40-15-7-3-11-34(40)35-12-4-8-16-41(35)47)27-38(44)39-28-33(24-26-45(39)49)48-42-17-9-5-13-36(42)37-14-6-10-18-43(37)48/h2-28,46H,1,29H2. The second-order valence-electron chi connectivity index (χ2n) is 12.8. The Morgan fingerprint density at radius 2 is 0.880 bits per heavy atom. The molecule has 5 nitrogen and oxygen atoms in total. The number of aromatic nitrogens is 3. The molecule has 0 fully saturated rings. The Balaban J connectivity index is 1.18. The number of hydrogen-bond acceptors (Lipinski definition) is 2. The van der Waals surface area contributed by atoms with Crippen molar-refractivity contribution in [2.24, 2.45) is 0 Å². The number of nitrogens with one attached hydrogen (secondary N) is 1. The van der Waals surface area contributed by atoms with Crippen LogP contribution >= 0.6 is 0 Å². The smallest absolute Gasteiger partial charge is 0.101 e. The number of fused-ring (bicyclic) bond motifs is 9. The van der Waals surface area contributed by atoms with Gasteiger partial charge in [-0.1, -0.05) is 110 Å². The molecule has 50 heavy (non-hydrogen) atoms. The molecule has 0 saturated heterocycles. The van der Waals surface area contributed by atoms with Gasteiger partial charge in [0.2, 0.25) is 0 Å². The lowest BCUT2D eigenvalue weighted by atomic mass is 10.1. The molecule has 0 saturated carbocycles. The molecule has 238 valence electrons. The summed E-state index contributed by atoms with van der Waals surface area (Å²) < 4.78 is 6.82. The predicted molar refractivity (Wildman–Crippen MR) is 209 cm³/mol. The molecule has 0 spiro atoms. The van der Waals surface area contributed by atoms with Crippen molar-refractivity contribution in [3.05, 3.63) is 175 Å². The molecular weight excluding hydrogens is 613 g/mol. The van der Waals surface area contributed by atoms with E-state index in [2.05, 4.69) is 184 Å². The molecule has 10 rings (SSSR count). The van der Waals surface area contributed by atoms with E-state index in [1.165, 1.54) is 43.6 Å². The largest absolute Gasteiger partial charge is 0.309 e. The first-order chi connectivity index (χ1) is 24.8. The summed E-state index contributed by atoms with van der Waals surface area (Å²) in [5, 5.41) is 7.25. The molecule has 3 heterocycles. The monoisotopic (exact) mass is 644 g/mol. The van der Waals surface area contributed by atoms with Gasteiger partial charge >= 0.3 is 0 Å². The minimum atomic E-state index is 0.414. The van der Waals surface area contributed by atoms with Crippen LogP contribution in [0.3, 0.4) is 0 Å². The predicted octanol–water partition coefficient (Wildman–Crippen LogP) is 11.3. The van der Waals surface area contributed by atoms with Crippen molar-refractivity contribution in [1.29, 1.82) is 0 Å². The molecule has 0 aliphatic heterocycles. The van der Waals surface area contributed by atoms with Crippen molar-refractivity contribution < 1.29 is 4.84 Å². The first-order valence-electron chi connectivity index (χ1n) is 16.9. The Hall–Kier alpha value is -6.56. The average molecular weight is 645 g/mol. The highest BCUT2D eigenvalue weighted by Gasteiger charge is 2.18. The molecule has 0 bridgehead atoms. The average Bonchev–Trinajstić information content (AvgIpc) is 3.80. The molecule has 3 aromatic heterocycles. The van der Waals surface area contributed by atoms with Crippen LogP contribution in [0.15, 0.2) is 164 Å². The summed E-state index contributed by atoms with van der Waals surface area (Å²) in [6.07, 6.45) is 1.85. The van der Waals surface area contributed by atoms with Crippen LogP contribution in [0.25, 0.3) is 82.9 Å². The van der Waals surface area contributed by atoms with Crippen LogP contribution in [0, 0.1) is 0 Å². The maximum Gasteiger partial charge on any atom is 0.101 e. The van der Waals surface area contributed by atoms with Crippen LogP contribution in [-0.2, 0) is 11.4 Å². The zero-order valence-electron chi connectivity index (χ0n) is 27.3. The third kappa shape index (κ3) is 4.31. The molecule has 0 atom stereocenters. The van der Waals surface area contributed by atoms with E-state index in [1.807, 2.05) is 6.08 Å². The van der Waals surface area contributed by atoms with Gasteiger partial charge in [0.15, 0.2) is 0 Å². The summed E-state index contributed by atoms with van der Waals surface area (Å²) >= 11 is 0. The summed E-state index contributed by atoms with van der Waals surface area (Å²) in [6, 6.07) is 56.3. The molecule has 0 unspecified atom stereocenters. The Bertz CT molecular complexity index is 2650. The maximum absolute atomic E-state index is 6.17. The lowest BCUT2D eigenvalue weighted by Crippen LogP contribution is -2.15. The van der Waals surface area contributed by atoms with Gasteiger partial charge in [-0.15, -0.1) is 0 Å². The lowest BCUT2D eigenvalue weighted by Gasteiger charge is -2.12. The lowest BCUT2D eigenvalue weighted by molar-refractivity contribution is 0.145. The van der Waals surface area contributed by atoms with Crippen LogP contribution in [0.4, 0.5) is 0 Å². The maximum atomic E-state index is 6.17. The van der Waals surface area contributed by atoms with E-state index < -0.39 is 0 Å². The Morgan fingerprint density at radius 3 is 1.30 bits per heavy atom. The highest BCUT2D eigenvalue weighted by Crippen LogP contribution is 2.38. The van der Waals surface area contributed by atoms with Crippen LogP contribution in [0.2, 0.25) is 0 Å². The van der Waals surface area contributed by atoms with E-state index in [0.29, 0.717) is 6.61 Å². The molecule has 0 amide bonds. The third-order valence-corrected chi connectivity index (χ3v) is 10.0. The van der Waals surface area contributed by atoms with Crippen molar-refractivity contribution in [3.8, 4) is 11.4 Å². The van der Waals surface area contributed by atoms with Crippen molar-refractivity contribution in [2.75, 3.05) is 5.59 Å². The molecule has 7 aromatic carbocycles. The summed E-state index contributed by atoms with van der Waals surface area (Å²) in [4.78, 5) is 6.17. The quantitative estimate of drug-likeness (QED) is 0.175. The van der Waals surface area contributed by atoms with Gasteiger partial charge in [-0.2, -0.15) is 0 Å². The van der Waals surface area contributed by atoms with E-state index >= 15 is 0 Å². The van der Waals surface area contributed by atoms with E-state index in [-0.39, 0.29) is 0 Å². The fourth-order valence-corrected chi connectivity index (χ4v) is 7.71. The SMILES string of the molecule is C=Cc1ccc(CONn2c3ccc(-n4c5ccccc5c5ccccc54)cc3c3cc(-n4c5ccccc5c5ccccc54)ccc32)cc1. The normalized spacial score (nSPS) is 11.8. The zero-order valence-corrected chi connectivity index (χ0v) is 27.3. The summed E-state index contributed by atoms with van der Waals surface area (Å²) in [6.45, 7) is 4.28. The van der Waals surface area contributed by atoms with Crippen molar-refractivity contribution >= 4 is 71.5 Å². The fourth-order valence-electron chi connectivity index (χ4n) is 7.71. The van der Waals surface area contributed by atoms with E-state index in [4.69, 9.17) is 4.84 Å². The van der Waals surface area contributed by atoms with Crippen molar-refractivity contribution in [1.82, 2.24) is 13.8 Å². The molecule has 1 N–H and O–H groups in total. The van der Waals surface area contributed by atoms with Crippen molar-refractivity contribution in [3.63, 3.8) is 0 Å². The zero-order chi connectivity index (χ0) is 33.2. The van der Waals surface area contributed by atoms with Crippen molar-refractivity contribution in [2.45, 2.75) is 6.61 Å². The Morgan fingerprint density at radius 1 is 0.460 bits per heavy atom. The fraction of sp³-hybridized carbons (Fsp3) is 0.0222. The van der Waals surface area contributed by atoms with Gasteiger partial charge in [-0.25, -0.2) is 10.3 Å². The first-order valence-corrected chi connectivity index (χ1v) is 16.9. The summed E-state index contributed by atoms with van der Waals surface area (Å²) in [5.41, 5.74) is 14.5. The number of hydrogen-bond donors (Lipinski definition) is 1. The van der Waals surface area contributed by atoms with E-state index in [0.717, 1.165) is 44.3 Å². The third-order valence-electron chi connectivity index (χ3n) is 10.0. The minimum absolute atomic E-state index is 0.414. The molecule has 10 aromatic rings. The molecule has 0 aliphatic carbocycles. The van der Waals surface area contributed by atoms with Gasteiger partial charge in [0, 0.05) is 43.7 Å². The summed E-state index contributed by atoms with van der Waals surface area (Å²) in [5.74, 6) is 0. The number of para-hydroxylation sites is 4. The Kier molecular flexibility index (Phi) is 6.41. The molecule has 0 radical (unpaired) electrons. The highest BCUT2D eigenvalue weighted by molar-refractivity contribution is 6.13. The second-order valence-corrected chi connectivity index (χ2v) is 12.8. The topological polar surface area (TPSA) is 36.0 Å². The van der Waals surface area contributed by atoms with Gasteiger partial charge < -0.3 is 9.13 Å². The van der Waals surface area contributed by atoms with Crippen LogP contribution < -0.4 is 5.59 Å². The Labute approximate surface area is 288 Å². The summed E-state index contributed by atoms with van der Waals surface area (Å²) in [7, 11) is 0. The van der Waals surface area contributed by atoms with Crippen LogP contribution in [0.1, 0.15) is 11.1 Å². The van der Waals surface area contributed by atoms with Gasteiger partial charge in [0.1, 0.15) is 6.61 Å². The molecule has 5 heteroatoms. The van der Waals surface area contributed by atoms with Crippen LogP contribution in [-0.4, -0.2) is 13.8 Å². The van der Waals surface area contributed by atoms with Gasteiger partial charge in [0.05, 0.1) is 33.1 Å². The van der Waals surface area contributed by atoms with E-state index in [1.54, 1.807) is 0 Å². The van der Waals surface area contributed by atoms with E-state index in [9.17, 15) is 0 Å². The highest BCUT2D eigenvalue weighted by atomic mass is 16.7. The number of nitrogens with zero attached hydrogens (tertiary/aromatic N) is 3. The number of benzene rings is 7. The minimum Gasteiger partial charge on any atom is -0.309 e. The molecular formula is C45H32N4O. The van der Waals surface area contributed by atoms with Crippen LogP contribution in [0.5, 0.6) is 0 Å². The first kappa shape index (κ1) is 28.5. The molecule has 0 aliphatic rings. The van der Waals surface area contributed by atoms with Gasteiger partial charge in [-0.05, 0) is 71.8 Å².